The van der Waals surface area contributed by atoms with E-state index in [1.807, 2.05) is 13.7 Å². The molecule has 0 aliphatic rings. The number of carbonyl (C=O) groups excluding carboxylic acids is 5. The molecule has 0 heterocycles. The van der Waals surface area contributed by atoms with Crippen LogP contribution in [0.15, 0.2) is 24.8 Å². The smallest absolute Gasteiger partial charge is 0.142 e. The maximum Gasteiger partial charge on any atom is 0.142 e. The Morgan fingerprint density at radius 1 is 0.944 bits per heavy atom. The van der Waals surface area contributed by atoms with E-state index in [0.717, 1.165) is 18.9 Å². The second-order valence-corrected chi connectivity index (χ2v) is 1.84. The Morgan fingerprint density at radius 3 is 1.22 bits per heavy atom. The summed E-state index contributed by atoms with van der Waals surface area (Å²) in [7, 11) is 0. The van der Waals surface area contributed by atoms with E-state index in [2.05, 4.69) is 6.58 Å². The van der Waals surface area contributed by atoms with E-state index in [4.69, 9.17) is 14.4 Å². The van der Waals surface area contributed by atoms with E-state index in [1.165, 1.54) is 19.1 Å². The predicted molar refractivity (Wildman–Crippen MR) is 72.4 cm³/mol. The van der Waals surface area contributed by atoms with Crippen LogP contribution in [0.3, 0.4) is 0 Å². The van der Waals surface area contributed by atoms with Gasteiger partial charge in [0.2, 0.25) is 0 Å². The van der Waals surface area contributed by atoms with Crippen molar-refractivity contribution < 1.29 is 24.0 Å². The Balaban J connectivity index is -0.0000000404. The molecule has 0 aromatic rings. The lowest BCUT2D eigenvalue weighted by molar-refractivity contribution is -0.108. The van der Waals surface area contributed by atoms with Gasteiger partial charge in [-0.1, -0.05) is 19.6 Å². The van der Waals surface area contributed by atoms with E-state index in [1.54, 1.807) is 13.0 Å². The Kier molecular flexibility index (Phi) is 138. The van der Waals surface area contributed by atoms with Crippen molar-refractivity contribution in [2.45, 2.75) is 27.2 Å². The zero-order valence-electron chi connectivity index (χ0n) is 11.2. The molecule has 0 fully saturated rings. The van der Waals surface area contributed by atoms with Crippen LogP contribution in [0.4, 0.5) is 0 Å². The lowest BCUT2D eigenvalue weighted by atomic mass is 10.6. The third-order valence-electron chi connectivity index (χ3n) is 0.534. The summed E-state index contributed by atoms with van der Waals surface area (Å²) in [6.45, 7) is 10.2. The maximum absolute atomic E-state index is 9.32. The van der Waals surface area contributed by atoms with E-state index < -0.39 is 0 Å². The van der Waals surface area contributed by atoms with E-state index in [-0.39, 0.29) is 0 Å². The molecule has 0 atom stereocenters. The number of rotatable bonds is 3. The third-order valence-corrected chi connectivity index (χ3v) is 0.534. The summed E-state index contributed by atoms with van der Waals surface area (Å²) in [6.07, 6.45) is 7.98. The largest absolute Gasteiger partial charge is 0.307 e. The standard InChI is InChI=1S/C4H6O.C3H6O.C3H4O.C2H4O.CH2O/c1-2-3-4-5;2*1-2-3-4;1-2-3;1-2/h2-4H,1H3;3H,2H2,1H3;2-3H,1H2;2H,1H3;1H2. The molecule has 0 rings (SSSR count). The van der Waals surface area contributed by atoms with Crippen LogP contribution in [-0.2, 0) is 24.0 Å². The van der Waals surface area contributed by atoms with Crippen LogP contribution in [0.2, 0.25) is 0 Å². The van der Waals surface area contributed by atoms with Gasteiger partial charge in [-0.15, -0.1) is 0 Å². The summed E-state index contributed by atoms with van der Waals surface area (Å²) in [5.41, 5.74) is 0. The molecule has 0 unspecified atom stereocenters. The van der Waals surface area contributed by atoms with Gasteiger partial charge in [-0.3, -0.25) is 9.59 Å². The van der Waals surface area contributed by atoms with Gasteiger partial charge < -0.3 is 14.4 Å². The molecule has 0 saturated heterocycles. The fraction of sp³-hybridized carbons (Fsp3) is 0.308. The average Bonchev–Trinajstić information content (AvgIpc) is 2.43. The van der Waals surface area contributed by atoms with Crippen molar-refractivity contribution in [2.24, 2.45) is 0 Å². The minimum Gasteiger partial charge on any atom is -0.307 e. The lowest BCUT2D eigenvalue weighted by Crippen LogP contribution is -1.55. The SMILES string of the molecule is C=CC=O.C=O.CC=CC=O.CC=O.CCC=O. The van der Waals surface area contributed by atoms with Crippen LogP contribution in [0.5, 0.6) is 0 Å². The summed E-state index contributed by atoms with van der Waals surface area (Å²) >= 11 is 0. The third kappa shape index (κ3) is 680. The second-order valence-electron chi connectivity index (χ2n) is 1.84. The van der Waals surface area contributed by atoms with Gasteiger partial charge in [-0.05, 0) is 26.0 Å². The Bertz CT molecular complexity index is 192. The molecular weight excluding hydrogens is 236 g/mol. The number of allylic oxidation sites excluding steroid dienone is 3. The predicted octanol–water partition coefficient (Wildman–Crippen LogP) is 1.75. The van der Waals surface area contributed by atoms with Gasteiger partial charge in [-0.25, -0.2) is 0 Å². The molecule has 0 aliphatic heterocycles. The Hall–Kier alpha value is -2.17. The van der Waals surface area contributed by atoms with Crippen LogP contribution >= 0.6 is 0 Å². The molecule has 5 nitrogen and oxygen atoms in total. The first-order valence-corrected chi connectivity index (χ1v) is 4.91. The first-order chi connectivity index (χ1) is 8.66. The van der Waals surface area contributed by atoms with Crippen LogP contribution in [0.25, 0.3) is 0 Å². The summed E-state index contributed by atoms with van der Waals surface area (Å²) < 4.78 is 0. The van der Waals surface area contributed by atoms with Crippen molar-refractivity contribution in [3.8, 4) is 0 Å². The molecule has 0 aromatic carbocycles. The monoisotopic (exact) mass is 258 g/mol. The van der Waals surface area contributed by atoms with Crippen LogP contribution < -0.4 is 0 Å². The number of hydrogen-bond donors (Lipinski definition) is 0. The van der Waals surface area contributed by atoms with Crippen molar-refractivity contribution in [1.29, 1.82) is 0 Å². The quantitative estimate of drug-likeness (QED) is 0.568. The first kappa shape index (κ1) is 29.7. The van der Waals surface area contributed by atoms with Crippen LogP contribution in [0, 0.1) is 0 Å². The summed E-state index contributed by atoms with van der Waals surface area (Å²) in [4.78, 5) is 44.4. The highest BCUT2D eigenvalue weighted by atomic mass is 16.1. The summed E-state index contributed by atoms with van der Waals surface area (Å²) in [5.74, 6) is 0. The zero-order valence-corrected chi connectivity index (χ0v) is 11.2. The molecule has 0 aromatic heterocycles. The Labute approximate surface area is 109 Å². The van der Waals surface area contributed by atoms with Gasteiger partial charge in [-0.2, -0.15) is 0 Å². The van der Waals surface area contributed by atoms with Crippen LogP contribution in [-0.4, -0.2) is 31.9 Å². The maximum atomic E-state index is 9.32. The molecule has 5 heteroatoms. The van der Waals surface area contributed by atoms with Crippen molar-refractivity contribution >= 4 is 31.9 Å². The molecule has 0 saturated carbocycles. The molecule has 18 heavy (non-hydrogen) atoms. The van der Waals surface area contributed by atoms with Gasteiger partial charge in [0.05, 0.1) is 0 Å². The minimum atomic E-state index is 0.639. The summed E-state index contributed by atoms with van der Waals surface area (Å²) in [5, 5.41) is 0. The van der Waals surface area contributed by atoms with Crippen molar-refractivity contribution in [2.75, 3.05) is 0 Å². The normalized spacial score (nSPS) is 5.94. The van der Waals surface area contributed by atoms with Gasteiger partial charge >= 0.3 is 0 Å². The van der Waals surface area contributed by atoms with Crippen molar-refractivity contribution in [3.05, 3.63) is 24.8 Å². The van der Waals surface area contributed by atoms with Gasteiger partial charge in [0, 0.05) is 6.42 Å². The van der Waals surface area contributed by atoms with Gasteiger partial charge in [0.25, 0.3) is 0 Å². The molecule has 104 valence electrons. The molecule has 0 spiro atoms. The number of hydrogen-bond acceptors (Lipinski definition) is 5. The molecule has 0 aliphatic carbocycles. The lowest BCUT2D eigenvalue weighted by Gasteiger charge is -1.51. The summed E-state index contributed by atoms with van der Waals surface area (Å²) in [6, 6.07) is 0. The highest BCUT2D eigenvalue weighted by Gasteiger charge is 1.52. The Morgan fingerprint density at radius 2 is 1.22 bits per heavy atom. The number of aldehydes is 4. The fourth-order valence-corrected chi connectivity index (χ4v) is 0.0786. The molecule has 0 radical (unpaired) electrons. The second kappa shape index (κ2) is 83.5. The van der Waals surface area contributed by atoms with Crippen molar-refractivity contribution in [1.82, 2.24) is 0 Å². The minimum absolute atomic E-state index is 0.639. The molecule has 0 bridgehead atoms. The molecule has 0 N–H and O–H groups in total. The molecule has 0 amide bonds. The van der Waals surface area contributed by atoms with E-state index >= 15 is 0 Å². The fourth-order valence-electron chi connectivity index (χ4n) is 0.0786. The van der Waals surface area contributed by atoms with E-state index in [9.17, 15) is 9.59 Å². The van der Waals surface area contributed by atoms with Gasteiger partial charge in [0.15, 0.2) is 0 Å². The first-order valence-electron chi connectivity index (χ1n) is 4.91. The van der Waals surface area contributed by atoms with Gasteiger partial charge in [0.1, 0.15) is 31.9 Å². The van der Waals surface area contributed by atoms with E-state index in [0.29, 0.717) is 12.7 Å². The van der Waals surface area contributed by atoms with Crippen LogP contribution in [0.1, 0.15) is 27.2 Å². The highest BCUT2D eigenvalue weighted by Crippen LogP contribution is 1.55. The zero-order chi connectivity index (χ0) is 15.7. The molecular formula is C13H22O5. The highest BCUT2D eigenvalue weighted by molar-refractivity contribution is 5.64. The topological polar surface area (TPSA) is 85.3 Å². The number of carbonyl (C=O) groups is 5. The average molecular weight is 258 g/mol. The van der Waals surface area contributed by atoms with Crippen molar-refractivity contribution in [3.63, 3.8) is 0 Å².